The van der Waals surface area contributed by atoms with Crippen molar-refractivity contribution in [1.82, 2.24) is 15.0 Å². The molecule has 0 aliphatic rings. The average molecular weight is 364 g/mol. The number of para-hydroxylation sites is 2. The van der Waals surface area contributed by atoms with Crippen molar-refractivity contribution in [3.8, 4) is 0 Å². The molecule has 1 aromatic heterocycles. The summed E-state index contributed by atoms with van der Waals surface area (Å²) in [5, 5.41) is 4.78. The highest BCUT2D eigenvalue weighted by Crippen LogP contribution is 2.23. The lowest BCUT2D eigenvalue weighted by Gasteiger charge is -2.04. The van der Waals surface area contributed by atoms with Gasteiger partial charge in [0.05, 0.1) is 16.8 Å². The summed E-state index contributed by atoms with van der Waals surface area (Å²) >= 11 is 1.41. The maximum Gasteiger partial charge on any atom is 0.250 e. The second kappa shape index (κ2) is 9.01. The quantitative estimate of drug-likeness (QED) is 0.392. The summed E-state index contributed by atoms with van der Waals surface area (Å²) in [6, 6.07) is 17.9. The van der Waals surface area contributed by atoms with Gasteiger partial charge in [-0.15, -0.1) is 0 Å². The Hall–Kier alpha value is -2.86. The molecule has 5 nitrogen and oxygen atoms in total. The number of benzene rings is 2. The summed E-state index contributed by atoms with van der Waals surface area (Å²) in [7, 11) is 0. The van der Waals surface area contributed by atoms with E-state index >= 15 is 0 Å². The summed E-state index contributed by atoms with van der Waals surface area (Å²) in [6.45, 7) is 2.88. The molecule has 3 rings (SSSR count). The molecule has 0 radical (unpaired) electrons. The first-order valence-corrected chi connectivity index (χ1v) is 9.38. The van der Waals surface area contributed by atoms with E-state index in [4.69, 9.17) is 0 Å². The van der Waals surface area contributed by atoms with Crippen LogP contribution in [0.1, 0.15) is 12.5 Å². The van der Waals surface area contributed by atoms with Gasteiger partial charge in [0.15, 0.2) is 5.16 Å². The van der Waals surface area contributed by atoms with E-state index in [0.717, 1.165) is 28.3 Å². The average Bonchev–Trinajstić information content (AvgIpc) is 3.04. The first-order valence-electron chi connectivity index (χ1n) is 8.39. The molecule has 6 heteroatoms. The third kappa shape index (κ3) is 4.61. The molecule has 0 fully saturated rings. The van der Waals surface area contributed by atoms with E-state index in [1.165, 1.54) is 11.8 Å². The van der Waals surface area contributed by atoms with Crippen LogP contribution in [0.5, 0.6) is 0 Å². The van der Waals surface area contributed by atoms with Crippen LogP contribution in [0.2, 0.25) is 0 Å². The fourth-order valence-corrected chi connectivity index (χ4v) is 3.37. The Labute approximate surface area is 156 Å². The predicted octanol–water partition coefficient (Wildman–Crippen LogP) is 3.96. The van der Waals surface area contributed by atoms with Crippen LogP contribution < -0.4 is 5.43 Å². The highest BCUT2D eigenvalue weighted by atomic mass is 32.2. The van der Waals surface area contributed by atoms with Crippen LogP contribution in [0.25, 0.3) is 17.1 Å². The number of nitrogens with one attached hydrogen (secondary N) is 1. The topological polar surface area (TPSA) is 59.3 Å². The SMILES string of the molecule is CCn1c(SCC(=O)N/N=C\C=C\c2ccccc2)nc2ccccc21. The second-order valence-corrected chi connectivity index (χ2v) is 6.44. The number of hydrogen-bond acceptors (Lipinski definition) is 4. The number of carbonyl (C=O) groups excluding carboxylic acids is 1. The Balaban J connectivity index is 1.51. The van der Waals surface area contributed by atoms with Crippen LogP contribution in [0, 0.1) is 0 Å². The van der Waals surface area contributed by atoms with Crippen molar-refractivity contribution in [3.63, 3.8) is 0 Å². The van der Waals surface area contributed by atoms with Gasteiger partial charge >= 0.3 is 0 Å². The molecule has 26 heavy (non-hydrogen) atoms. The van der Waals surface area contributed by atoms with E-state index in [1.807, 2.05) is 60.7 Å². The molecule has 1 N–H and O–H groups in total. The molecule has 0 aliphatic heterocycles. The summed E-state index contributed by atoms with van der Waals surface area (Å²) in [5.74, 6) is 0.109. The number of imidazole rings is 1. The molecule has 1 heterocycles. The van der Waals surface area contributed by atoms with Crippen LogP contribution in [0.3, 0.4) is 0 Å². The van der Waals surface area contributed by atoms with Gasteiger partial charge in [0.1, 0.15) is 0 Å². The minimum Gasteiger partial charge on any atom is -0.319 e. The zero-order chi connectivity index (χ0) is 18.2. The molecule has 132 valence electrons. The van der Waals surface area contributed by atoms with E-state index in [1.54, 1.807) is 12.3 Å². The number of nitrogens with zero attached hydrogens (tertiary/aromatic N) is 3. The Morgan fingerprint density at radius 2 is 1.96 bits per heavy atom. The number of amides is 1. The van der Waals surface area contributed by atoms with Gasteiger partial charge in [0.2, 0.25) is 0 Å². The number of carbonyl (C=O) groups is 1. The number of aryl methyl sites for hydroxylation is 1. The monoisotopic (exact) mass is 364 g/mol. The minimum absolute atomic E-state index is 0.158. The molecule has 3 aromatic rings. The van der Waals surface area contributed by atoms with Gasteiger partial charge in [-0.1, -0.05) is 60.3 Å². The maximum absolute atomic E-state index is 12.0. The van der Waals surface area contributed by atoms with Crippen LogP contribution in [0.4, 0.5) is 0 Å². The van der Waals surface area contributed by atoms with Crippen LogP contribution in [0.15, 0.2) is 70.9 Å². The first kappa shape index (κ1) is 17.9. The zero-order valence-electron chi connectivity index (χ0n) is 14.5. The number of hydrazone groups is 1. The van der Waals surface area contributed by atoms with Gasteiger partial charge in [0, 0.05) is 12.8 Å². The van der Waals surface area contributed by atoms with Gasteiger partial charge < -0.3 is 4.57 Å². The van der Waals surface area contributed by atoms with Gasteiger partial charge in [-0.3, -0.25) is 4.79 Å². The second-order valence-electron chi connectivity index (χ2n) is 5.50. The molecule has 0 saturated heterocycles. The summed E-state index contributed by atoms with van der Waals surface area (Å²) in [6.07, 6.45) is 5.28. The zero-order valence-corrected chi connectivity index (χ0v) is 15.3. The number of hydrogen-bond donors (Lipinski definition) is 1. The Morgan fingerprint density at radius 3 is 2.77 bits per heavy atom. The highest BCUT2D eigenvalue weighted by molar-refractivity contribution is 7.99. The maximum atomic E-state index is 12.0. The molecule has 0 atom stereocenters. The molecule has 0 spiro atoms. The lowest BCUT2D eigenvalue weighted by Crippen LogP contribution is -2.19. The van der Waals surface area contributed by atoms with E-state index in [0.29, 0.717) is 0 Å². The van der Waals surface area contributed by atoms with Crippen molar-refractivity contribution in [2.75, 3.05) is 5.75 Å². The van der Waals surface area contributed by atoms with Crippen LogP contribution in [-0.2, 0) is 11.3 Å². The van der Waals surface area contributed by atoms with Crippen LogP contribution >= 0.6 is 11.8 Å². The van der Waals surface area contributed by atoms with E-state index in [9.17, 15) is 4.79 Å². The van der Waals surface area contributed by atoms with Crippen LogP contribution in [-0.4, -0.2) is 27.4 Å². The molecule has 0 bridgehead atoms. The molecular formula is C20H20N4OS. The van der Waals surface area contributed by atoms with E-state index in [2.05, 4.69) is 27.0 Å². The fourth-order valence-electron chi connectivity index (χ4n) is 2.50. The van der Waals surface area contributed by atoms with Crippen molar-refractivity contribution < 1.29 is 4.79 Å². The summed E-state index contributed by atoms with van der Waals surface area (Å²) in [5.41, 5.74) is 5.65. The van der Waals surface area contributed by atoms with Crippen molar-refractivity contribution >= 4 is 41.0 Å². The number of allylic oxidation sites excluding steroid dienone is 1. The first-order chi connectivity index (χ1) is 12.8. The number of fused-ring (bicyclic) bond motifs is 1. The number of aromatic nitrogens is 2. The number of rotatable bonds is 7. The lowest BCUT2D eigenvalue weighted by atomic mass is 10.2. The third-order valence-electron chi connectivity index (χ3n) is 3.71. The van der Waals surface area contributed by atoms with E-state index in [-0.39, 0.29) is 11.7 Å². The minimum atomic E-state index is -0.158. The largest absolute Gasteiger partial charge is 0.319 e. The molecular weight excluding hydrogens is 344 g/mol. The Kier molecular flexibility index (Phi) is 6.22. The standard InChI is InChI=1S/C20H20N4OS/c1-2-24-18-13-7-6-12-17(18)22-20(24)26-15-19(25)23-21-14-8-11-16-9-4-3-5-10-16/h3-14H,2,15H2,1H3,(H,23,25)/b11-8+,21-14-. The Bertz CT molecular complexity index is 931. The van der Waals surface area contributed by atoms with E-state index < -0.39 is 0 Å². The number of thioether (sulfide) groups is 1. The molecule has 1 amide bonds. The van der Waals surface area contributed by atoms with Gasteiger partial charge in [0.25, 0.3) is 5.91 Å². The smallest absolute Gasteiger partial charge is 0.250 e. The molecule has 2 aromatic carbocycles. The predicted molar refractivity (Wildman–Crippen MR) is 108 cm³/mol. The lowest BCUT2D eigenvalue weighted by molar-refractivity contribution is -0.118. The molecule has 0 saturated carbocycles. The van der Waals surface area contributed by atoms with Gasteiger partial charge in [-0.2, -0.15) is 5.10 Å². The molecule has 0 aliphatic carbocycles. The fraction of sp³-hybridized carbons (Fsp3) is 0.150. The van der Waals surface area contributed by atoms with Crippen molar-refractivity contribution in [2.45, 2.75) is 18.6 Å². The van der Waals surface area contributed by atoms with Gasteiger partial charge in [-0.25, -0.2) is 10.4 Å². The van der Waals surface area contributed by atoms with Gasteiger partial charge in [-0.05, 0) is 30.7 Å². The van der Waals surface area contributed by atoms with Crippen molar-refractivity contribution in [3.05, 3.63) is 66.2 Å². The molecule has 0 unspecified atom stereocenters. The summed E-state index contributed by atoms with van der Waals surface area (Å²) < 4.78 is 2.11. The van der Waals surface area contributed by atoms with Crippen molar-refractivity contribution in [1.29, 1.82) is 0 Å². The third-order valence-corrected chi connectivity index (χ3v) is 4.68. The summed E-state index contributed by atoms with van der Waals surface area (Å²) in [4.78, 5) is 16.6. The van der Waals surface area contributed by atoms with Crippen molar-refractivity contribution in [2.24, 2.45) is 5.10 Å². The Morgan fingerprint density at radius 1 is 1.19 bits per heavy atom. The highest BCUT2D eigenvalue weighted by Gasteiger charge is 2.11. The normalized spacial score (nSPS) is 11.6.